The van der Waals surface area contributed by atoms with Gasteiger partial charge >= 0.3 is 0 Å². The SMILES string of the molecule is CN(C)c1ccc(/C=N\NC(=O)Cc2cc(=O)[nH][nH]2)cc1. The fraction of sp³-hybridized carbons (Fsp3) is 0.214. The highest BCUT2D eigenvalue weighted by molar-refractivity contribution is 5.83. The second-order valence-electron chi connectivity index (χ2n) is 4.74. The molecule has 0 saturated carbocycles. The van der Waals surface area contributed by atoms with Crippen molar-refractivity contribution in [1.82, 2.24) is 15.6 Å². The van der Waals surface area contributed by atoms with Crippen molar-refractivity contribution < 1.29 is 4.79 Å². The summed E-state index contributed by atoms with van der Waals surface area (Å²) in [7, 11) is 3.93. The van der Waals surface area contributed by atoms with Crippen molar-refractivity contribution in [2.75, 3.05) is 19.0 Å². The topological polar surface area (TPSA) is 93.3 Å². The zero-order valence-electron chi connectivity index (χ0n) is 11.9. The van der Waals surface area contributed by atoms with Crippen LogP contribution in [0.2, 0.25) is 0 Å². The number of rotatable bonds is 5. The molecule has 7 nitrogen and oxygen atoms in total. The maximum Gasteiger partial charge on any atom is 0.264 e. The summed E-state index contributed by atoms with van der Waals surface area (Å²) in [4.78, 5) is 24.5. The van der Waals surface area contributed by atoms with Gasteiger partial charge in [0.25, 0.3) is 5.56 Å². The summed E-state index contributed by atoms with van der Waals surface area (Å²) < 4.78 is 0. The van der Waals surface area contributed by atoms with E-state index in [2.05, 4.69) is 20.7 Å². The van der Waals surface area contributed by atoms with Gasteiger partial charge in [-0.25, -0.2) is 5.43 Å². The van der Waals surface area contributed by atoms with Gasteiger partial charge in [0.15, 0.2) is 0 Å². The quantitative estimate of drug-likeness (QED) is 0.551. The third-order valence-corrected chi connectivity index (χ3v) is 2.81. The fourth-order valence-electron chi connectivity index (χ4n) is 1.72. The average Bonchev–Trinajstić information content (AvgIpc) is 2.84. The number of anilines is 1. The van der Waals surface area contributed by atoms with E-state index in [1.54, 1.807) is 6.21 Å². The molecule has 0 unspecified atom stereocenters. The number of aromatic amines is 2. The van der Waals surface area contributed by atoms with Gasteiger partial charge in [-0.3, -0.25) is 14.7 Å². The molecule has 1 heterocycles. The van der Waals surface area contributed by atoms with Gasteiger partial charge in [-0.1, -0.05) is 12.1 Å². The molecule has 110 valence electrons. The van der Waals surface area contributed by atoms with Gasteiger partial charge < -0.3 is 10.00 Å². The Morgan fingerprint density at radius 2 is 2.00 bits per heavy atom. The molecule has 0 aliphatic heterocycles. The average molecular weight is 287 g/mol. The van der Waals surface area contributed by atoms with Crippen LogP contribution in [0.1, 0.15) is 11.3 Å². The van der Waals surface area contributed by atoms with Crippen LogP contribution in [0.5, 0.6) is 0 Å². The molecule has 2 aromatic rings. The highest BCUT2D eigenvalue weighted by atomic mass is 16.2. The highest BCUT2D eigenvalue weighted by Crippen LogP contribution is 2.10. The summed E-state index contributed by atoms with van der Waals surface area (Å²) in [6, 6.07) is 9.09. The first-order valence-electron chi connectivity index (χ1n) is 6.40. The van der Waals surface area contributed by atoms with Crippen molar-refractivity contribution in [2.45, 2.75) is 6.42 Å². The van der Waals surface area contributed by atoms with Crippen molar-refractivity contribution >= 4 is 17.8 Å². The van der Waals surface area contributed by atoms with Crippen LogP contribution < -0.4 is 15.9 Å². The Kier molecular flexibility index (Phi) is 4.55. The first-order chi connectivity index (χ1) is 10.0. The number of H-pyrrole nitrogens is 2. The van der Waals surface area contributed by atoms with Crippen LogP contribution in [-0.4, -0.2) is 36.4 Å². The van der Waals surface area contributed by atoms with Gasteiger partial charge in [-0.2, -0.15) is 5.10 Å². The second-order valence-corrected chi connectivity index (χ2v) is 4.74. The van der Waals surface area contributed by atoms with Crippen molar-refractivity contribution in [3.05, 3.63) is 51.9 Å². The lowest BCUT2D eigenvalue weighted by molar-refractivity contribution is -0.120. The van der Waals surface area contributed by atoms with Crippen LogP contribution in [0.3, 0.4) is 0 Å². The molecule has 1 aromatic heterocycles. The Balaban J connectivity index is 1.86. The maximum atomic E-state index is 11.6. The van der Waals surface area contributed by atoms with E-state index >= 15 is 0 Å². The fourth-order valence-corrected chi connectivity index (χ4v) is 1.72. The Bertz CT molecular complexity index is 682. The van der Waals surface area contributed by atoms with Gasteiger partial charge in [0.1, 0.15) is 0 Å². The third kappa shape index (κ3) is 4.34. The molecule has 7 heteroatoms. The Morgan fingerprint density at radius 1 is 1.29 bits per heavy atom. The van der Waals surface area contributed by atoms with Crippen molar-refractivity contribution in [2.24, 2.45) is 5.10 Å². The molecule has 3 N–H and O–H groups in total. The molecule has 0 bridgehead atoms. The van der Waals surface area contributed by atoms with E-state index in [0.717, 1.165) is 11.3 Å². The molecule has 1 amide bonds. The monoisotopic (exact) mass is 287 g/mol. The first-order valence-corrected chi connectivity index (χ1v) is 6.40. The zero-order valence-corrected chi connectivity index (χ0v) is 11.9. The van der Waals surface area contributed by atoms with E-state index in [0.29, 0.717) is 5.69 Å². The predicted octanol–water partition coefficient (Wildman–Crippen LogP) is 0.462. The summed E-state index contributed by atoms with van der Waals surface area (Å²) in [6.07, 6.45) is 1.63. The molecule has 0 aliphatic rings. The largest absolute Gasteiger partial charge is 0.378 e. The van der Waals surface area contributed by atoms with Gasteiger partial charge in [0, 0.05) is 31.5 Å². The lowest BCUT2D eigenvalue weighted by atomic mass is 10.2. The molecule has 1 aromatic carbocycles. The lowest BCUT2D eigenvalue weighted by Gasteiger charge is -2.11. The molecule has 0 aliphatic carbocycles. The normalized spacial score (nSPS) is 10.8. The predicted molar refractivity (Wildman–Crippen MR) is 81.6 cm³/mol. The van der Waals surface area contributed by atoms with Gasteiger partial charge in [-0.05, 0) is 17.7 Å². The van der Waals surface area contributed by atoms with E-state index < -0.39 is 0 Å². The molecule has 21 heavy (non-hydrogen) atoms. The standard InChI is InChI=1S/C14H17N5O2/c1-19(2)12-5-3-10(4-6-12)9-15-17-13(20)7-11-8-14(21)18-16-11/h3-6,8-9H,7H2,1-2H3,(H,17,20)(H2,16,18,21)/b15-9-. The number of aromatic nitrogens is 2. The minimum absolute atomic E-state index is 0.0651. The number of carbonyl (C=O) groups is 1. The van der Waals surface area contributed by atoms with Crippen LogP contribution in [0.25, 0.3) is 0 Å². The number of benzene rings is 1. The van der Waals surface area contributed by atoms with Gasteiger partial charge in [-0.15, -0.1) is 0 Å². The maximum absolute atomic E-state index is 11.6. The second kappa shape index (κ2) is 6.56. The zero-order chi connectivity index (χ0) is 15.2. The molecule has 0 fully saturated rings. The molecule has 0 atom stereocenters. The summed E-state index contributed by atoms with van der Waals surface area (Å²) in [5.74, 6) is -0.300. The van der Waals surface area contributed by atoms with E-state index in [1.807, 2.05) is 43.3 Å². The number of amides is 1. The van der Waals surface area contributed by atoms with Gasteiger partial charge in [0.2, 0.25) is 5.91 Å². The molecule has 0 spiro atoms. The van der Waals surface area contributed by atoms with E-state index in [9.17, 15) is 9.59 Å². The Hall–Kier alpha value is -2.83. The third-order valence-electron chi connectivity index (χ3n) is 2.81. The van der Waals surface area contributed by atoms with Crippen LogP contribution in [0, 0.1) is 0 Å². The minimum Gasteiger partial charge on any atom is -0.378 e. The van der Waals surface area contributed by atoms with Crippen LogP contribution in [0.4, 0.5) is 5.69 Å². The number of nitrogens with zero attached hydrogens (tertiary/aromatic N) is 2. The summed E-state index contributed by atoms with van der Waals surface area (Å²) >= 11 is 0. The highest BCUT2D eigenvalue weighted by Gasteiger charge is 2.03. The number of hydrogen-bond donors (Lipinski definition) is 3. The van der Waals surface area contributed by atoms with Crippen molar-refractivity contribution in [3.8, 4) is 0 Å². The van der Waals surface area contributed by atoms with Crippen molar-refractivity contribution in [3.63, 3.8) is 0 Å². The number of carbonyl (C=O) groups excluding carboxylic acids is 1. The van der Waals surface area contributed by atoms with Gasteiger partial charge in [0.05, 0.1) is 12.6 Å². The number of hydrogen-bond acceptors (Lipinski definition) is 4. The lowest BCUT2D eigenvalue weighted by Crippen LogP contribution is -2.20. The summed E-state index contributed by atoms with van der Waals surface area (Å²) in [5.41, 5.74) is 4.64. The van der Waals surface area contributed by atoms with E-state index in [4.69, 9.17) is 0 Å². The van der Waals surface area contributed by atoms with Crippen LogP contribution in [0.15, 0.2) is 40.2 Å². The summed E-state index contributed by atoms with van der Waals surface area (Å²) in [6.45, 7) is 0. The molecule has 0 saturated heterocycles. The van der Waals surface area contributed by atoms with E-state index in [1.165, 1.54) is 6.07 Å². The Morgan fingerprint density at radius 3 is 2.57 bits per heavy atom. The van der Waals surface area contributed by atoms with E-state index in [-0.39, 0.29) is 17.9 Å². The molecule has 0 radical (unpaired) electrons. The minimum atomic E-state index is -0.300. The Labute approximate surface area is 121 Å². The molecular weight excluding hydrogens is 270 g/mol. The van der Waals surface area contributed by atoms with Crippen LogP contribution in [-0.2, 0) is 11.2 Å². The first kappa shape index (κ1) is 14.6. The van der Waals surface area contributed by atoms with Crippen LogP contribution >= 0.6 is 0 Å². The molecule has 2 rings (SSSR count). The summed E-state index contributed by atoms with van der Waals surface area (Å²) in [5, 5.41) is 8.85. The number of hydrazone groups is 1. The smallest absolute Gasteiger partial charge is 0.264 e. The number of nitrogens with one attached hydrogen (secondary N) is 3. The van der Waals surface area contributed by atoms with Crippen molar-refractivity contribution in [1.29, 1.82) is 0 Å². The molecular formula is C14H17N5O2.